The van der Waals surface area contributed by atoms with Crippen LogP contribution in [0.4, 0.5) is 0 Å². The van der Waals surface area contributed by atoms with Crippen molar-refractivity contribution in [3.8, 4) is 5.75 Å². The predicted molar refractivity (Wildman–Crippen MR) is 87.3 cm³/mol. The molecule has 0 bridgehead atoms. The Bertz CT molecular complexity index is 501. The van der Waals surface area contributed by atoms with Crippen LogP contribution in [0.2, 0.25) is 0 Å². The number of rotatable bonds is 2. The minimum atomic E-state index is 0.337. The molecule has 1 atom stereocenters. The number of benzene rings is 1. The highest BCUT2D eigenvalue weighted by atomic mass is 16.5. The highest BCUT2D eigenvalue weighted by molar-refractivity contribution is 5.81. The van der Waals surface area contributed by atoms with E-state index in [4.69, 9.17) is 10.1 Å². The molecule has 0 aliphatic carbocycles. The van der Waals surface area contributed by atoms with Gasteiger partial charge < -0.3 is 9.64 Å². The number of ether oxygens (including phenoxy) is 1. The molecule has 0 saturated carbocycles. The molecule has 1 aromatic carbocycles. The number of hydrogen-bond donors (Lipinski definition) is 1. The number of fused-ring (bicyclic) bond motifs is 1. The van der Waals surface area contributed by atoms with Crippen LogP contribution < -0.4 is 4.74 Å². The van der Waals surface area contributed by atoms with Crippen molar-refractivity contribution in [1.82, 2.24) is 9.80 Å². The fourth-order valence-corrected chi connectivity index (χ4v) is 2.79. The van der Waals surface area contributed by atoms with Crippen molar-refractivity contribution in [1.29, 1.82) is 5.41 Å². The molecule has 116 valence electrons. The Morgan fingerprint density at radius 2 is 2.00 bits per heavy atom. The molecule has 0 radical (unpaired) electrons. The summed E-state index contributed by atoms with van der Waals surface area (Å²) in [5, 5.41) is 7.96. The molecule has 2 aliphatic heterocycles. The maximum atomic E-state index is 7.96. The Labute approximate surface area is 128 Å². The maximum Gasteiger partial charge on any atom is 0.122 e. The Kier molecular flexibility index (Phi) is 5.23. The first-order valence-corrected chi connectivity index (χ1v) is 7.93. The molecule has 1 unspecified atom stereocenters. The summed E-state index contributed by atoms with van der Waals surface area (Å²) in [7, 11) is 1.99. The SMILES string of the molecule is CC.CC(c1ccc2c(c1)OCC2)N1CCN(C)C(=N)C1. The van der Waals surface area contributed by atoms with Gasteiger partial charge in [-0.25, -0.2) is 0 Å². The van der Waals surface area contributed by atoms with E-state index in [1.54, 1.807) is 0 Å². The van der Waals surface area contributed by atoms with Crippen LogP contribution >= 0.6 is 0 Å². The van der Waals surface area contributed by atoms with Crippen LogP contribution in [0, 0.1) is 5.41 Å². The lowest BCUT2D eigenvalue weighted by Gasteiger charge is -2.37. The monoisotopic (exact) mass is 289 g/mol. The molecule has 21 heavy (non-hydrogen) atoms. The second kappa shape index (κ2) is 6.94. The Hall–Kier alpha value is -1.55. The van der Waals surface area contributed by atoms with Gasteiger partial charge in [0.2, 0.25) is 0 Å². The van der Waals surface area contributed by atoms with E-state index < -0.39 is 0 Å². The average Bonchev–Trinajstić information content (AvgIpc) is 2.99. The zero-order valence-electron chi connectivity index (χ0n) is 13.6. The molecule has 0 amide bonds. The smallest absolute Gasteiger partial charge is 0.122 e. The number of likely N-dealkylation sites (N-methyl/N-ethyl adjacent to an activating group) is 1. The Morgan fingerprint density at radius 1 is 1.24 bits per heavy atom. The molecule has 2 aliphatic rings. The summed E-state index contributed by atoms with van der Waals surface area (Å²) in [6.45, 7) is 9.71. The standard InChI is InChI=1S/C15H21N3O.C2H6/c1-11(18-7-6-17(2)15(16)10-18)13-4-3-12-5-8-19-14(12)9-13;1-2/h3-4,9,11,16H,5-8,10H2,1-2H3;1-2H3. The van der Waals surface area contributed by atoms with E-state index in [-0.39, 0.29) is 0 Å². The third-order valence-corrected chi connectivity index (χ3v) is 4.29. The lowest BCUT2D eigenvalue weighted by molar-refractivity contribution is 0.193. The van der Waals surface area contributed by atoms with Crippen LogP contribution in [0.5, 0.6) is 5.75 Å². The highest BCUT2D eigenvalue weighted by Gasteiger charge is 2.24. The predicted octanol–water partition coefficient (Wildman–Crippen LogP) is 2.93. The summed E-state index contributed by atoms with van der Waals surface area (Å²) < 4.78 is 5.65. The van der Waals surface area contributed by atoms with Crippen molar-refractivity contribution < 1.29 is 4.74 Å². The lowest BCUT2D eigenvalue weighted by Crippen LogP contribution is -2.48. The van der Waals surface area contributed by atoms with Crippen LogP contribution in [-0.4, -0.2) is 48.9 Å². The molecule has 0 spiro atoms. The summed E-state index contributed by atoms with van der Waals surface area (Å²) >= 11 is 0. The van der Waals surface area contributed by atoms with Crippen LogP contribution in [0.3, 0.4) is 0 Å². The number of nitrogens with one attached hydrogen (secondary N) is 1. The molecule has 1 saturated heterocycles. The largest absolute Gasteiger partial charge is 0.493 e. The van der Waals surface area contributed by atoms with Gasteiger partial charge in [-0.3, -0.25) is 10.3 Å². The summed E-state index contributed by atoms with van der Waals surface area (Å²) in [5.74, 6) is 1.75. The van der Waals surface area contributed by atoms with Gasteiger partial charge in [0.1, 0.15) is 11.6 Å². The Balaban J connectivity index is 0.000000774. The van der Waals surface area contributed by atoms with Gasteiger partial charge in [-0.2, -0.15) is 0 Å². The van der Waals surface area contributed by atoms with E-state index in [0.29, 0.717) is 11.9 Å². The van der Waals surface area contributed by atoms with Gasteiger partial charge in [0.15, 0.2) is 0 Å². The van der Waals surface area contributed by atoms with E-state index in [0.717, 1.165) is 38.4 Å². The van der Waals surface area contributed by atoms with Gasteiger partial charge in [0, 0.05) is 32.6 Å². The van der Waals surface area contributed by atoms with E-state index >= 15 is 0 Å². The molecular weight excluding hydrogens is 262 g/mol. The van der Waals surface area contributed by atoms with Gasteiger partial charge in [0.05, 0.1) is 13.2 Å². The number of piperazine rings is 1. The first-order valence-electron chi connectivity index (χ1n) is 7.93. The number of hydrogen-bond acceptors (Lipinski definition) is 3. The summed E-state index contributed by atoms with van der Waals surface area (Å²) in [6.07, 6.45) is 1.03. The second-order valence-corrected chi connectivity index (χ2v) is 5.48. The zero-order chi connectivity index (χ0) is 15.4. The van der Waals surface area contributed by atoms with Crippen molar-refractivity contribution in [3.05, 3.63) is 29.3 Å². The van der Waals surface area contributed by atoms with Crippen LogP contribution in [-0.2, 0) is 6.42 Å². The normalized spacial score (nSPS) is 19.4. The number of amidine groups is 1. The van der Waals surface area contributed by atoms with E-state index in [1.165, 1.54) is 11.1 Å². The molecule has 1 fully saturated rings. The van der Waals surface area contributed by atoms with Gasteiger partial charge in [0.25, 0.3) is 0 Å². The molecule has 0 aromatic heterocycles. The molecular formula is C17H27N3O. The molecule has 4 heteroatoms. The number of nitrogens with zero attached hydrogens (tertiary/aromatic N) is 2. The molecule has 3 rings (SSSR count). The van der Waals surface area contributed by atoms with E-state index in [9.17, 15) is 0 Å². The van der Waals surface area contributed by atoms with Gasteiger partial charge in [-0.05, 0) is 24.1 Å². The van der Waals surface area contributed by atoms with Gasteiger partial charge in [-0.1, -0.05) is 26.0 Å². The first kappa shape index (κ1) is 15.8. The summed E-state index contributed by atoms with van der Waals surface area (Å²) in [4.78, 5) is 4.38. The van der Waals surface area contributed by atoms with Crippen LogP contribution in [0.25, 0.3) is 0 Å². The van der Waals surface area contributed by atoms with Gasteiger partial charge in [-0.15, -0.1) is 0 Å². The average molecular weight is 289 g/mol. The summed E-state index contributed by atoms with van der Waals surface area (Å²) in [5.41, 5.74) is 2.61. The quantitative estimate of drug-likeness (QED) is 0.910. The molecule has 4 nitrogen and oxygen atoms in total. The maximum absolute atomic E-state index is 7.96. The van der Waals surface area contributed by atoms with Crippen LogP contribution in [0.15, 0.2) is 18.2 Å². The van der Waals surface area contributed by atoms with Gasteiger partial charge >= 0.3 is 0 Å². The van der Waals surface area contributed by atoms with Crippen molar-refractivity contribution in [3.63, 3.8) is 0 Å². The molecule has 2 heterocycles. The lowest BCUT2D eigenvalue weighted by atomic mass is 10.0. The van der Waals surface area contributed by atoms with E-state index in [1.807, 2.05) is 25.8 Å². The van der Waals surface area contributed by atoms with Crippen LogP contribution in [0.1, 0.15) is 37.9 Å². The third-order valence-electron chi connectivity index (χ3n) is 4.29. The highest BCUT2D eigenvalue weighted by Crippen LogP contribution is 2.30. The van der Waals surface area contributed by atoms with E-state index in [2.05, 4.69) is 30.0 Å². The topological polar surface area (TPSA) is 39.6 Å². The minimum absolute atomic E-state index is 0.337. The molecule has 1 N–H and O–H groups in total. The fourth-order valence-electron chi connectivity index (χ4n) is 2.79. The minimum Gasteiger partial charge on any atom is -0.493 e. The third kappa shape index (κ3) is 3.38. The molecule has 1 aromatic rings. The van der Waals surface area contributed by atoms with Crippen molar-refractivity contribution in [2.45, 2.75) is 33.2 Å². The summed E-state index contributed by atoms with van der Waals surface area (Å²) in [6, 6.07) is 6.91. The fraction of sp³-hybridized carbons (Fsp3) is 0.588. The Morgan fingerprint density at radius 3 is 2.71 bits per heavy atom. The first-order chi connectivity index (χ1) is 10.1. The second-order valence-electron chi connectivity index (χ2n) is 5.48. The van der Waals surface area contributed by atoms with Crippen molar-refractivity contribution in [2.24, 2.45) is 0 Å². The van der Waals surface area contributed by atoms with Crippen molar-refractivity contribution >= 4 is 5.84 Å². The van der Waals surface area contributed by atoms with Crippen molar-refractivity contribution in [2.75, 3.05) is 33.3 Å². The zero-order valence-corrected chi connectivity index (χ0v) is 13.6.